The van der Waals surface area contributed by atoms with Gasteiger partial charge in [0.05, 0.1) is 13.7 Å². The van der Waals surface area contributed by atoms with Crippen LogP contribution in [-0.2, 0) is 11.3 Å². The Hall–Kier alpha value is -1.59. The summed E-state index contributed by atoms with van der Waals surface area (Å²) in [6.45, 7) is 2.90. The third-order valence-corrected chi connectivity index (χ3v) is 3.88. The van der Waals surface area contributed by atoms with Gasteiger partial charge in [-0.25, -0.2) is 0 Å². The van der Waals surface area contributed by atoms with Crippen molar-refractivity contribution in [1.82, 2.24) is 10.2 Å². The van der Waals surface area contributed by atoms with Crippen molar-refractivity contribution < 1.29 is 14.6 Å². The predicted molar refractivity (Wildman–Crippen MR) is 81.1 cm³/mol. The number of nitrogens with one attached hydrogen (secondary N) is 1. The van der Waals surface area contributed by atoms with Crippen LogP contribution in [0.2, 0.25) is 0 Å². The molecule has 0 bridgehead atoms. The van der Waals surface area contributed by atoms with Crippen LogP contribution in [0, 0.1) is 5.92 Å². The summed E-state index contributed by atoms with van der Waals surface area (Å²) in [5.74, 6) is 1.16. The molecule has 1 aliphatic heterocycles. The van der Waals surface area contributed by atoms with Gasteiger partial charge in [-0.05, 0) is 43.0 Å². The zero-order chi connectivity index (χ0) is 15.1. The van der Waals surface area contributed by atoms with Crippen molar-refractivity contribution in [3.05, 3.63) is 29.8 Å². The first-order chi connectivity index (χ1) is 10.2. The average Bonchev–Trinajstić information content (AvgIpc) is 2.53. The lowest BCUT2D eigenvalue weighted by Crippen LogP contribution is -2.43. The van der Waals surface area contributed by atoms with E-state index in [9.17, 15) is 9.90 Å². The molecular weight excluding hydrogens is 268 g/mol. The van der Waals surface area contributed by atoms with Crippen molar-refractivity contribution in [2.24, 2.45) is 5.92 Å². The molecule has 0 saturated carbocycles. The molecule has 0 radical (unpaired) electrons. The second-order valence-electron chi connectivity index (χ2n) is 5.55. The van der Waals surface area contributed by atoms with Gasteiger partial charge in [0.2, 0.25) is 5.91 Å². The SMILES string of the molecule is COc1ccc(CNC(=O)CN2CCCC(CO)C2)cc1. The fourth-order valence-corrected chi connectivity index (χ4v) is 2.65. The Morgan fingerprint density at radius 2 is 2.19 bits per heavy atom. The lowest BCUT2D eigenvalue weighted by atomic mass is 9.99. The highest BCUT2D eigenvalue weighted by Gasteiger charge is 2.20. The topological polar surface area (TPSA) is 61.8 Å². The van der Waals surface area contributed by atoms with E-state index in [4.69, 9.17) is 4.74 Å². The number of carbonyl (C=O) groups is 1. The number of amides is 1. The van der Waals surface area contributed by atoms with Crippen molar-refractivity contribution in [3.8, 4) is 5.75 Å². The molecule has 116 valence electrons. The number of nitrogens with zero attached hydrogens (tertiary/aromatic N) is 1. The Bertz CT molecular complexity index is 447. The second kappa shape index (κ2) is 8.00. The zero-order valence-electron chi connectivity index (χ0n) is 12.5. The van der Waals surface area contributed by atoms with Crippen LogP contribution in [0.15, 0.2) is 24.3 Å². The first-order valence-corrected chi connectivity index (χ1v) is 7.44. The minimum absolute atomic E-state index is 0.0319. The maximum Gasteiger partial charge on any atom is 0.234 e. The van der Waals surface area contributed by atoms with Crippen LogP contribution >= 0.6 is 0 Å². The maximum absolute atomic E-state index is 12.0. The number of ether oxygens (including phenoxy) is 1. The van der Waals surface area contributed by atoms with Gasteiger partial charge < -0.3 is 15.2 Å². The van der Waals surface area contributed by atoms with Crippen molar-refractivity contribution in [1.29, 1.82) is 0 Å². The van der Waals surface area contributed by atoms with Crippen LogP contribution in [0.5, 0.6) is 5.75 Å². The van der Waals surface area contributed by atoms with Crippen LogP contribution < -0.4 is 10.1 Å². The van der Waals surface area contributed by atoms with Crippen LogP contribution in [0.4, 0.5) is 0 Å². The molecule has 5 nitrogen and oxygen atoms in total. The Kier molecular flexibility index (Phi) is 6.02. The van der Waals surface area contributed by atoms with Gasteiger partial charge in [-0.2, -0.15) is 0 Å². The van der Waals surface area contributed by atoms with E-state index in [2.05, 4.69) is 10.2 Å². The summed E-state index contributed by atoms with van der Waals surface area (Å²) < 4.78 is 5.10. The number of piperidine rings is 1. The van der Waals surface area contributed by atoms with Crippen molar-refractivity contribution in [2.45, 2.75) is 19.4 Å². The molecule has 2 rings (SSSR count). The summed E-state index contributed by atoms with van der Waals surface area (Å²) in [5, 5.41) is 12.1. The molecule has 5 heteroatoms. The molecule has 2 N–H and O–H groups in total. The van der Waals surface area contributed by atoms with E-state index in [1.54, 1.807) is 7.11 Å². The van der Waals surface area contributed by atoms with Crippen LogP contribution in [-0.4, -0.2) is 49.3 Å². The molecular formula is C16H24N2O3. The summed E-state index contributed by atoms with van der Waals surface area (Å²) in [4.78, 5) is 14.1. The highest BCUT2D eigenvalue weighted by atomic mass is 16.5. The van der Waals surface area contributed by atoms with Crippen molar-refractivity contribution >= 4 is 5.91 Å². The quantitative estimate of drug-likeness (QED) is 0.821. The number of hydrogen-bond donors (Lipinski definition) is 2. The molecule has 1 saturated heterocycles. The van der Waals surface area contributed by atoms with Gasteiger partial charge >= 0.3 is 0 Å². The largest absolute Gasteiger partial charge is 0.497 e. The molecule has 21 heavy (non-hydrogen) atoms. The van der Waals surface area contributed by atoms with Crippen molar-refractivity contribution in [3.63, 3.8) is 0 Å². The third-order valence-electron chi connectivity index (χ3n) is 3.88. The molecule has 1 heterocycles. The number of methoxy groups -OCH3 is 1. The Balaban J connectivity index is 1.73. The maximum atomic E-state index is 12.0. The fraction of sp³-hybridized carbons (Fsp3) is 0.562. The molecule has 1 aromatic rings. The molecule has 1 atom stereocenters. The van der Waals surface area contributed by atoms with Gasteiger partial charge in [0.1, 0.15) is 5.75 Å². The van der Waals surface area contributed by atoms with Gasteiger partial charge in [0.15, 0.2) is 0 Å². The van der Waals surface area contributed by atoms with Crippen molar-refractivity contribution in [2.75, 3.05) is 33.4 Å². The van der Waals surface area contributed by atoms with Gasteiger partial charge in [-0.15, -0.1) is 0 Å². The Morgan fingerprint density at radius 3 is 2.86 bits per heavy atom. The smallest absolute Gasteiger partial charge is 0.234 e. The number of benzene rings is 1. The molecule has 0 aliphatic carbocycles. The number of rotatable bonds is 6. The standard InChI is InChI=1S/C16H24N2O3/c1-21-15-6-4-13(5-7-15)9-17-16(20)11-18-8-2-3-14(10-18)12-19/h4-7,14,19H,2-3,8-12H2,1H3,(H,17,20). The summed E-state index contributed by atoms with van der Waals surface area (Å²) in [6, 6.07) is 7.67. The number of carbonyl (C=O) groups excluding carboxylic acids is 1. The van der Waals surface area contributed by atoms with Gasteiger partial charge in [0.25, 0.3) is 0 Å². The molecule has 0 spiro atoms. The third kappa shape index (κ3) is 5.02. The molecule has 1 fully saturated rings. The van der Waals surface area contributed by atoms with E-state index in [0.717, 1.165) is 37.2 Å². The minimum atomic E-state index is 0.0319. The van der Waals surface area contributed by atoms with E-state index in [0.29, 0.717) is 19.0 Å². The van der Waals surface area contributed by atoms with Crippen LogP contribution in [0.25, 0.3) is 0 Å². The Morgan fingerprint density at radius 1 is 1.43 bits per heavy atom. The minimum Gasteiger partial charge on any atom is -0.497 e. The zero-order valence-corrected chi connectivity index (χ0v) is 12.5. The van der Waals surface area contributed by atoms with E-state index in [1.165, 1.54) is 0 Å². The van der Waals surface area contributed by atoms with Crippen LogP contribution in [0.1, 0.15) is 18.4 Å². The van der Waals surface area contributed by atoms with Gasteiger partial charge in [-0.1, -0.05) is 12.1 Å². The highest BCUT2D eigenvalue weighted by Crippen LogP contribution is 2.15. The normalized spacial score (nSPS) is 19.2. The number of aliphatic hydroxyl groups is 1. The number of hydrogen-bond acceptors (Lipinski definition) is 4. The number of aliphatic hydroxyl groups excluding tert-OH is 1. The highest BCUT2D eigenvalue weighted by molar-refractivity contribution is 5.78. The van der Waals surface area contributed by atoms with Gasteiger partial charge in [-0.3, -0.25) is 9.69 Å². The molecule has 1 aliphatic rings. The van der Waals surface area contributed by atoms with E-state index < -0.39 is 0 Å². The fourth-order valence-electron chi connectivity index (χ4n) is 2.65. The summed E-state index contributed by atoms with van der Waals surface area (Å²) in [7, 11) is 1.63. The summed E-state index contributed by atoms with van der Waals surface area (Å²) in [6.07, 6.45) is 2.11. The van der Waals surface area contributed by atoms with Gasteiger partial charge in [0, 0.05) is 19.7 Å². The predicted octanol–water partition coefficient (Wildman–Crippen LogP) is 1.02. The first kappa shape index (κ1) is 15.8. The van der Waals surface area contributed by atoms with E-state index >= 15 is 0 Å². The van der Waals surface area contributed by atoms with E-state index in [-0.39, 0.29) is 12.5 Å². The molecule has 1 unspecified atom stereocenters. The summed E-state index contributed by atoms with van der Waals surface area (Å²) >= 11 is 0. The molecule has 0 aromatic heterocycles. The van der Waals surface area contributed by atoms with Crippen LogP contribution in [0.3, 0.4) is 0 Å². The first-order valence-electron chi connectivity index (χ1n) is 7.44. The molecule has 1 aromatic carbocycles. The second-order valence-corrected chi connectivity index (χ2v) is 5.55. The van der Waals surface area contributed by atoms with E-state index in [1.807, 2.05) is 24.3 Å². The lowest BCUT2D eigenvalue weighted by Gasteiger charge is -2.31. The number of likely N-dealkylation sites (tertiary alicyclic amines) is 1. The monoisotopic (exact) mass is 292 g/mol. The lowest BCUT2D eigenvalue weighted by molar-refractivity contribution is -0.122. The average molecular weight is 292 g/mol. The Labute approximate surface area is 125 Å². The summed E-state index contributed by atoms with van der Waals surface area (Å²) in [5.41, 5.74) is 1.05. The molecule has 1 amide bonds.